The lowest BCUT2D eigenvalue weighted by molar-refractivity contribution is -0.155. The van der Waals surface area contributed by atoms with Crippen LogP contribution in [0.4, 0.5) is 0 Å². The predicted molar refractivity (Wildman–Crippen MR) is 104 cm³/mol. The van der Waals surface area contributed by atoms with Gasteiger partial charge in [0, 0.05) is 18.4 Å². The van der Waals surface area contributed by atoms with E-state index < -0.39 is 6.10 Å². The van der Waals surface area contributed by atoms with Gasteiger partial charge in [-0.2, -0.15) is 0 Å². The van der Waals surface area contributed by atoms with Gasteiger partial charge in [-0.05, 0) is 36.5 Å². The lowest BCUT2D eigenvalue weighted by Gasteiger charge is -2.37. The number of hydrogen-bond acceptors (Lipinski definition) is 5. The van der Waals surface area contributed by atoms with Crippen molar-refractivity contribution in [1.29, 1.82) is 0 Å². The van der Waals surface area contributed by atoms with Crippen LogP contribution in [0.3, 0.4) is 0 Å². The molecule has 0 radical (unpaired) electrons. The topological polar surface area (TPSA) is 65.1 Å². The van der Waals surface area contributed by atoms with Crippen LogP contribution in [0, 0.1) is 0 Å². The van der Waals surface area contributed by atoms with Gasteiger partial charge in [0.05, 0.1) is 12.6 Å². The highest BCUT2D eigenvalue weighted by Crippen LogP contribution is 2.40. The number of para-hydroxylation sites is 1. The number of esters is 1. The molecule has 1 fully saturated rings. The minimum atomic E-state index is -0.703. The van der Waals surface area contributed by atoms with E-state index in [-0.39, 0.29) is 24.7 Å². The van der Waals surface area contributed by atoms with Gasteiger partial charge in [-0.25, -0.2) is 0 Å². The minimum absolute atomic E-state index is 0.0510. The van der Waals surface area contributed by atoms with E-state index in [0.29, 0.717) is 30.9 Å². The lowest BCUT2D eigenvalue weighted by atomic mass is 9.86. The van der Waals surface area contributed by atoms with Crippen molar-refractivity contribution in [3.05, 3.63) is 59.2 Å². The average Bonchev–Trinajstić information content (AvgIpc) is 3.40. The Morgan fingerprint density at radius 2 is 1.93 bits per heavy atom. The zero-order valence-electron chi connectivity index (χ0n) is 16.1. The van der Waals surface area contributed by atoms with E-state index in [1.807, 2.05) is 35.2 Å². The number of amides is 1. The molecule has 2 aromatic carbocycles. The molecule has 0 saturated carbocycles. The first-order valence-corrected chi connectivity index (χ1v) is 10.2. The number of benzene rings is 2. The third-order valence-corrected chi connectivity index (χ3v) is 5.98. The van der Waals surface area contributed by atoms with Crippen LogP contribution in [0.2, 0.25) is 0 Å². The van der Waals surface area contributed by atoms with Crippen molar-refractivity contribution >= 4 is 11.9 Å². The third kappa shape index (κ3) is 3.33. The van der Waals surface area contributed by atoms with E-state index in [1.54, 1.807) is 0 Å². The van der Waals surface area contributed by atoms with Crippen molar-refractivity contribution in [3.8, 4) is 11.5 Å². The van der Waals surface area contributed by atoms with Crippen LogP contribution in [0.5, 0.6) is 11.5 Å². The molecule has 1 saturated heterocycles. The van der Waals surface area contributed by atoms with Crippen LogP contribution in [0.1, 0.15) is 48.4 Å². The second kappa shape index (κ2) is 7.43. The lowest BCUT2D eigenvalue weighted by Crippen LogP contribution is -2.42. The molecule has 6 heteroatoms. The van der Waals surface area contributed by atoms with Crippen LogP contribution in [0.25, 0.3) is 0 Å². The maximum Gasteiger partial charge on any atom is 0.306 e. The van der Waals surface area contributed by atoms with Gasteiger partial charge in [0.25, 0.3) is 5.91 Å². The fourth-order valence-corrected chi connectivity index (χ4v) is 4.58. The average molecular weight is 393 g/mol. The van der Waals surface area contributed by atoms with E-state index in [0.717, 1.165) is 24.8 Å². The van der Waals surface area contributed by atoms with Crippen molar-refractivity contribution in [2.24, 2.45) is 0 Å². The summed E-state index contributed by atoms with van der Waals surface area (Å²) in [6.07, 6.45) is 2.95. The van der Waals surface area contributed by atoms with Crippen molar-refractivity contribution < 1.29 is 23.8 Å². The minimum Gasteiger partial charge on any atom is -0.454 e. The normalized spacial score (nSPS) is 22.1. The quantitative estimate of drug-likeness (QED) is 0.744. The van der Waals surface area contributed by atoms with Crippen molar-refractivity contribution in [2.75, 3.05) is 6.79 Å². The molecule has 0 unspecified atom stereocenters. The predicted octanol–water partition coefficient (Wildman–Crippen LogP) is 3.53. The summed E-state index contributed by atoms with van der Waals surface area (Å²) >= 11 is 0. The highest BCUT2D eigenvalue weighted by molar-refractivity contribution is 5.87. The molecular formula is C23H23NO5. The highest BCUT2D eigenvalue weighted by atomic mass is 16.7. The van der Waals surface area contributed by atoms with E-state index in [4.69, 9.17) is 14.2 Å². The first kappa shape index (κ1) is 18.0. The molecule has 3 aliphatic rings. The SMILES string of the molecule is O=C1CC[C@@H](C(=O)N(Cc2cccc3c2OCO3)[C@H]2CCCc3ccccc32)O1. The van der Waals surface area contributed by atoms with E-state index in [9.17, 15) is 9.59 Å². The van der Waals surface area contributed by atoms with Crippen LogP contribution < -0.4 is 9.47 Å². The molecule has 0 bridgehead atoms. The maximum atomic E-state index is 13.5. The largest absolute Gasteiger partial charge is 0.454 e. The molecule has 29 heavy (non-hydrogen) atoms. The molecule has 0 spiro atoms. The zero-order valence-corrected chi connectivity index (χ0v) is 16.1. The molecule has 2 aliphatic heterocycles. The molecule has 0 aromatic heterocycles. The molecule has 6 nitrogen and oxygen atoms in total. The fraction of sp³-hybridized carbons (Fsp3) is 0.391. The number of cyclic esters (lactones) is 1. The molecule has 1 amide bonds. The number of hydrogen-bond donors (Lipinski definition) is 0. The Morgan fingerprint density at radius 1 is 1.03 bits per heavy atom. The Kier molecular flexibility index (Phi) is 4.62. The van der Waals surface area contributed by atoms with Crippen LogP contribution in [0.15, 0.2) is 42.5 Å². The van der Waals surface area contributed by atoms with Gasteiger partial charge in [-0.15, -0.1) is 0 Å². The molecular weight excluding hydrogens is 370 g/mol. The summed E-state index contributed by atoms with van der Waals surface area (Å²) in [4.78, 5) is 27.0. The number of ether oxygens (including phenoxy) is 3. The molecule has 150 valence electrons. The molecule has 2 heterocycles. The van der Waals surface area contributed by atoms with E-state index >= 15 is 0 Å². The van der Waals surface area contributed by atoms with Gasteiger partial charge in [-0.3, -0.25) is 9.59 Å². The van der Waals surface area contributed by atoms with Crippen molar-refractivity contribution in [1.82, 2.24) is 4.90 Å². The van der Waals surface area contributed by atoms with Gasteiger partial charge in [0.2, 0.25) is 6.79 Å². The van der Waals surface area contributed by atoms with Gasteiger partial charge in [0.1, 0.15) is 0 Å². The summed E-state index contributed by atoms with van der Waals surface area (Å²) in [5.74, 6) is 0.961. The second-order valence-corrected chi connectivity index (χ2v) is 7.74. The van der Waals surface area contributed by atoms with Crippen LogP contribution in [-0.4, -0.2) is 29.7 Å². The Hall–Kier alpha value is -3.02. The maximum absolute atomic E-state index is 13.5. The first-order chi connectivity index (χ1) is 14.2. The zero-order chi connectivity index (χ0) is 19.8. The van der Waals surface area contributed by atoms with Gasteiger partial charge in [0.15, 0.2) is 17.6 Å². The number of carbonyl (C=O) groups is 2. The molecule has 2 atom stereocenters. The summed E-state index contributed by atoms with van der Waals surface area (Å²) in [5.41, 5.74) is 3.37. The van der Waals surface area contributed by atoms with Gasteiger partial charge in [-0.1, -0.05) is 36.4 Å². The standard InChI is InChI=1S/C23H23NO5/c25-21-12-11-20(29-21)23(26)24(13-16-7-4-10-19-22(16)28-14-27-19)18-9-3-6-15-5-1-2-8-17(15)18/h1-2,4-5,7-8,10,18,20H,3,6,9,11-14H2/t18-,20-/m0/s1. The Balaban J connectivity index is 1.51. The Morgan fingerprint density at radius 3 is 2.79 bits per heavy atom. The molecule has 2 aromatic rings. The summed E-state index contributed by atoms with van der Waals surface area (Å²) in [5, 5.41) is 0. The highest BCUT2D eigenvalue weighted by Gasteiger charge is 2.38. The van der Waals surface area contributed by atoms with Gasteiger partial charge >= 0.3 is 5.97 Å². The van der Waals surface area contributed by atoms with Crippen molar-refractivity contribution in [3.63, 3.8) is 0 Å². The first-order valence-electron chi connectivity index (χ1n) is 10.2. The molecule has 1 aliphatic carbocycles. The number of nitrogens with zero attached hydrogens (tertiary/aromatic N) is 1. The Labute approximate surface area is 169 Å². The summed E-state index contributed by atoms with van der Waals surface area (Å²) in [7, 11) is 0. The summed E-state index contributed by atoms with van der Waals surface area (Å²) < 4.78 is 16.5. The third-order valence-electron chi connectivity index (χ3n) is 5.98. The second-order valence-electron chi connectivity index (χ2n) is 7.74. The number of carbonyl (C=O) groups excluding carboxylic acids is 2. The van der Waals surface area contributed by atoms with Crippen molar-refractivity contribution in [2.45, 2.75) is 50.8 Å². The van der Waals surface area contributed by atoms with E-state index in [1.165, 1.54) is 11.1 Å². The van der Waals surface area contributed by atoms with Gasteiger partial charge < -0.3 is 19.1 Å². The summed E-state index contributed by atoms with van der Waals surface area (Å²) in [6.45, 7) is 0.575. The monoisotopic (exact) mass is 393 g/mol. The number of aryl methyl sites for hydroxylation is 1. The van der Waals surface area contributed by atoms with E-state index in [2.05, 4.69) is 12.1 Å². The smallest absolute Gasteiger partial charge is 0.306 e. The number of fused-ring (bicyclic) bond motifs is 2. The Bertz CT molecular complexity index is 956. The molecule has 5 rings (SSSR count). The summed E-state index contributed by atoms with van der Waals surface area (Å²) in [6, 6.07) is 14.0. The molecule has 0 N–H and O–H groups in total. The fourth-order valence-electron chi connectivity index (χ4n) is 4.58. The number of rotatable bonds is 4. The van der Waals surface area contributed by atoms with Crippen LogP contribution >= 0.6 is 0 Å². The van der Waals surface area contributed by atoms with Crippen LogP contribution in [-0.2, 0) is 27.3 Å².